The Morgan fingerprint density at radius 3 is 2.38 bits per heavy atom. The minimum Gasteiger partial charge on any atom is -0.339 e. The van der Waals surface area contributed by atoms with Crippen LogP contribution in [-0.2, 0) is 4.79 Å². The molecule has 2 aliphatic heterocycles. The van der Waals surface area contributed by atoms with E-state index in [9.17, 15) is 14.4 Å². The van der Waals surface area contributed by atoms with Gasteiger partial charge in [-0.1, -0.05) is 42.0 Å². The molecule has 0 aromatic heterocycles. The van der Waals surface area contributed by atoms with Gasteiger partial charge in [-0.2, -0.15) is 0 Å². The van der Waals surface area contributed by atoms with Crippen LogP contribution in [0.3, 0.4) is 0 Å². The fraction of sp³-hybridized carbons (Fsp3) is 0.318. The van der Waals surface area contributed by atoms with Crippen molar-refractivity contribution in [3.8, 4) is 0 Å². The third-order valence-corrected chi connectivity index (χ3v) is 5.72. The van der Waals surface area contributed by atoms with Crippen molar-refractivity contribution in [1.82, 2.24) is 9.80 Å². The number of likely N-dealkylation sites (tertiary alicyclic amines) is 1. The van der Waals surface area contributed by atoms with Gasteiger partial charge in [-0.15, -0.1) is 12.4 Å². The van der Waals surface area contributed by atoms with E-state index in [2.05, 4.69) is 0 Å². The van der Waals surface area contributed by atoms with Gasteiger partial charge in [0.05, 0.1) is 11.1 Å². The van der Waals surface area contributed by atoms with Crippen LogP contribution in [-0.4, -0.2) is 52.7 Å². The number of amides is 3. The lowest BCUT2D eigenvalue weighted by Crippen LogP contribution is -2.49. The molecule has 2 aliphatic rings. The van der Waals surface area contributed by atoms with E-state index < -0.39 is 17.9 Å². The molecule has 7 heteroatoms. The van der Waals surface area contributed by atoms with Crippen LogP contribution in [0.15, 0.2) is 48.5 Å². The molecule has 6 nitrogen and oxygen atoms in total. The number of nitrogens with two attached hydrogens (primary N) is 1. The maximum atomic E-state index is 13.1. The van der Waals surface area contributed by atoms with Gasteiger partial charge in [-0.05, 0) is 31.5 Å². The van der Waals surface area contributed by atoms with Crippen molar-refractivity contribution in [1.29, 1.82) is 0 Å². The molecule has 0 bridgehead atoms. The average molecular weight is 414 g/mol. The molecule has 0 spiro atoms. The summed E-state index contributed by atoms with van der Waals surface area (Å²) in [5.74, 6) is -1.03. The fourth-order valence-corrected chi connectivity index (χ4v) is 4.16. The minimum atomic E-state index is -0.866. The van der Waals surface area contributed by atoms with Crippen molar-refractivity contribution in [2.45, 2.75) is 31.8 Å². The summed E-state index contributed by atoms with van der Waals surface area (Å²) in [7, 11) is 0. The molecule has 3 amide bonds. The lowest BCUT2D eigenvalue weighted by atomic mass is 9.95. The predicted octanol–water partition coefficient (Wildman–Crippen LogP) is 2.35. The van der Waals surface area contributed by atoms with Crippen LogP contribution in [0.5, 0.6) is 0 Å². The van der Waals surface area contributed by atoms with Crippen LogP contribution < -0.4 is 5.73 Å². The highest BCUT2D eigenvalue weighted by Crippen LogP contribution is 2.29. The Morgan fingerprint density at radius 2 is 1.69 bits per heavy atom. The first-order valence-corrected chi connectivity index (χ1v) is 9.46. The summed E-state index contributed by atoms with van der Waals surface area (Å²) in [6, 6.07) is 14.0. The van der Waals surface area contributed by atoms with Gasteiger partial charge < -0.3 is 10.6 Å². The van der Waals surface area contributed by atoms with Gasteiger partial charge in [0, 0.05) is 25.0 Å². The summed E-state index contributed by atoms with van der Waals surface area (Å²) >= 11 is 0. The molecule has 2 N–H and O–H groups in total. The zero-order valence-electron chi connectivity index (χ0n) is 16.4. The third kappa shape index (κ3) is 3.54. The van der Waals surface area contributed by atoms with Gasteiger partial charge in [0.2, 0.25) is 5.91 Å². The van der Waals surface area contributed by atoms with E-state index in [1.165, 1.54) is 0 Å². The van der Waals surface area contributed by atoms with Crippen molar-refractivity contribution in [3.05, 3.63) is 70.8 Å². The van der Waals surface area contributed by atoms with Crippen molar-refractivity contribution >= 4 is 30.1 Å². The van der Waals surface area contributed by atoms with E-state index in [-0.39, 0.29) is 30.3 Å². The molecule has 0 radical (unpaired) electrons. The topological polar surface area (TPSA) is 83.7 Å². The summed E-state index contributed by atoms with van der Waals surface area (Å²) in [4.78, 5) is 41.4. The second-order valence-corrected chi connectivity index (χ2v) is 7.63. The monoisotopic (exact) mass is 413 g/mol. The van der Waals surface area contributed by atoms with Crippen LogP contribution in [0.2, 0.25) is 0 Å². The van der Waals surface area contributed by atoms with E-state index in [1.54, 1.807) is 30.0 Å². The number of aryl methyl sites for hydroxylation is 1. The van der Waals surface area contributed by atoms with Crippen molar-refractivity contribution in [3.63, 3.8) is 0 Å². The summed E-state index contributed by atoms with van der Waals surface area (Å²) in [6.07, 6.45) is 0. The Labute approximate surface area is 176 Å². The number of hydrogen-bond donors (Lipinski definition) is 1. The number of nitrogens with zero attached hydrogens (tertiary/aromatic N) is 2. The van der Waals surface area contributed by atoms with Crippen molar-refractivity contribution in [2.75, 3.05) is 13.1 Å². The molecular weight excluding hydrogens is 390 g/mol. The van der Waals surface area contributed by atoms with Crippen molar-refractivity contribution < 1.29 is 14.4 Å². The zero-order valence-corrected chi connectivity index (χ0v) is 17.2. The molecule has 152 valence electrons. The normalized spacial score (nSPS) is 21.8. The van der Waals surface area contributed by atoms with Crippen LogP contribution in [0.25, 0.3) is 0 Å². The van der Waals surface area contributed by atoms with Gasteiger partial charge in [-0.3, -0.25) is 19.3 Å². The first kappa shape index (κ1) is 21.0. The average Bonchev–Trinajstić information content (AvgIpc) is 3.19. The summed E-state index contributed by atoms with van der Waals surface area (Å²) in [6.45, 7) is 4.37. The molecule has 29 heavy (non-hydrogen) atoms. The Kier molecular flexibility index (Phi) is 5.78. The number of carbonyl (C=O) groups excluding carboxylic acids is 3. The number of carbonyl (C=O) groups is 3. The van der Waals surface area contributed by atoms with E-state index >= 15 is 0 Å². The molecule has 1 fully saturated rings. The summed E-state index contributed by atoms with van der Waals surface area (Å²) in [5.41, 5.74) is 9.01. The summed E-state index contributed by atoms with van der Waals surface area (Å²) in [5, 5.41) is 0. The maximum absolute atomic E-state index is 13.1. The summed E-state index contributed by atoms with van der Waals surface area (Å²) < 4.78 is 0. The lowest BCUT2D eigenvalue weighted by Gasteiger charge is -2.26. The second kappa shape index (κ2) is 7.97. The Hall–Kier alpha value is -2.70. The Balaban J connectivity index is 0.00000240. The van der Waals surface area contributed by atoms with Crippen LogP contribution >= 0.6 is 12.4 Å². The number of benzene rings is 2. The standard InChI is InChI=1S/C22H23N3O3.ClH/c1-13-8-9-16-17(10-13)22(28)25(21(16)27)14(2)20(26)24-11-18(19(23)12-24)15-6-4-3-5-7-15;/h3-10,14,18-19H,11-12,23H2,1-2H3;1H/t14?,18-,19+;/m0./s1. The van der Waals surface area contributed by atoms with E-state index in [1.807, 2.05) is 37.3 Å². The first-order valence-electron chi connectivity index (χ1n) is 9.46. The maximum Gasteiger partial charge on any atom is 0.262 e. The Morgan fingerprint density at radius 1 is 1.03 bits per heavy atom. The van der Waals surface area contributed by atoms with Crippen LogP contribution in [0.1, 0.15) is 44.7 Å². The molecule has 3 atom stereocenters. The largest absolute Gasteiger partial charge is 0.339 e. The molecular formula is C22H24ClN3O3. The van der Waals surface area contributed by atoms with Crippen LogP contribution in [0, 0.1) is 6.92 Å². The van der Waals surface area contributed by atoms with E-state index in [0.29, 0.717) is 24.2 Å². The number of hydrogen-bond acceptors (Lipinski definition) is 4. The predicted molar refractivity (Wildman–Crippen MR) is 112 cm³/mol. The zero-order chi connectivity index (χ0) is 20.0. The molecule has 2 aromatic rings. The van der Waals surface area contributed by atoms with Gasteiger partial charge in [0.15, 0.2) is 0 Å². The minimum absolute atomic E-state index is 0. The highest BCUT2D eigenvalue weighted by Gasteiger charge is 2.44. The number of halogens is 1. The molecule has 0 saturated carbocycles. The van der Waals surface area contributed by atoms with Crippen LogP contribution in [0.4, 0.5) is 0 Å². The highest BCUT2D eigenvalue weighted by atomic mass is 35.5. The van der Waals surface area contributed by atoms with Gasteiger partial charge in [-0.25, -0.2) is 0 Å². The molecule has 4 rings (SSSR count). The fourth-order valence-electron chi connectivity index (χ4n) is 4.16. The molecule has 2 aromatic carbocycles. The van der Waals surface area contributed by atoms with Gasteiger partial charge >= 0.3 is 0 Å². The second-order valence-electron chi connectivity index (χ2n) is 7.63. The van der Waals surface area contributed by atoms with Gasteiger partial charge in [0.1, 0.15) is 6.04 Å². The molecule has 1 saturated heterocycles. The first-order chi connectivity index (χ1) is 13.4. The SMILES string of the molecule is Cc1ccc2c(c1)C(=O)N(C(C)C(=O)N1C[C@@H](N)[C@H](c3ccccc3)C1)C2=O.Cl. The van der Waals surface area contributed by atoms with E-state index in [0.717, 1.165) is 16.0 Å². The Bertz CT molecular complexity index is 963. The van der Waals surface area contributed by atoms with E-state index in [4.69, 9.17) is 5.73 Å². The number of rotatable bonds is 3. The number of fused-ring (bicyclic) bond motifs is 1. The lowest BCUT2D eigenvalue weighted by molar-refractivity contribution is -0.133. The highest BCUT2D eigenvalue weighted by molar-refractivity contribution is 6.22. The van der Waals surface area contributed by atoms with Crippen molar-refractivity contribution in [2.24, 2.45) is 5.73 Å². The molecule has 2 heterocycles. The molecule has 0 aliphatic carbocycles. The number of imide groups is 1. The third-order valence-electron chi connectivity index (χ3n) is 5.72. The smallest absolute Gasteiger partial charge is 0.262 e. The molecule has 1 unspecified atom stereocenters. The van der Waals surface area contributed by atoms with Gasteiger partial charge in [0.25, 0.3) is 11.8 Å². The quantitative estimate of drug-likeness (QED) is 0.783.